The molecule has 5 nitrogen and oxygen atoms in total. The van der Waals surface area contributed by atoms with Gasteiger partial charge in [-0.1, -0.05) is 0 Å². The number of benzene rings is 1. The van der Waals surface area contributed by atoms with Gasteiger partial charge >= 0.3 is 0 Å². The second-order valence-corrected chi connectivity index (χ2v) is 3.70. The van der Waals surface area contributed by atoms with E-state index in [4.69, 9.17) is 5.11 Å². The lowest BCUT2D eigenvalue weighted by molar-refractivity contribution is -0.119. The average Bonchev–Trinajstić information content (AvgIpc) is 2.84. The van der Waals surface area contributed by atoms with Crippen LogP contribution in [0.1, 0.15) is 13.0 Å². The van der Waals surface area contributed by atoms with E-state index in [1.54, 1.807) is 42.2 Å². The van der Waals surface area contributed by atoms with Crippen molar-refractivity contribution in [3.8, 4) is 5.75 Å². The van der Waals surface area contributed by atoms with Gasteiger partial charge in [0.05, 0.1) is 0 Å². The Hall–Kier alpha value is -2.30. The highest BCUT2D eigenvalue weighted by molar-refractivity contribution is 5.93. The third-order valence-corrected chi connectivity index (χ3v) is 2.44. The van der Waals surface area contributed by atoms with Gasteiger partial charge in [-0.15, -0.1) is 0 Å². The van der Waals surface area contributed by atoms with E-state index in [0.29, 0.717) is 5.69 Å². The molecule has 2 rings (SSSR count). The fourth-order valence-electron chi connectivity index (χ4n) is 1.42. The van der Waals surface area contributed by atoms with E-state index in [1.807, 2.05) is 0 Å². The molecule has 17 heavy (non-hydrogen) atoms. The van der Waals surface area contributed by atoms with E-state index in [0.717, 1.165) is 0 Å². The summed E-state index contributed by atoms with van der Waals surface area (Å²) in [6.45, 7) is 1.77. The van der Waals surface area contributed by atoms with Crippen LogP contribution in [0.5, 0.6) is 5.75 Å². The molecule has 0 spiro atoms. The topological polar surface area (TPSA) is 67.2 Å². The second-order valence-electron chi connectivity index (χ2n) is 3.70. The smallest absolute Gasteiger partial charge is 0.248 e. The number of aromatic nitrogens is 2. The van der Waals surface area contributed by atoms with Gasteiger partial charge in [0.1, 0.15) is 11.8 Å². The van der Waals surface area contributed by atoms with Gasteiger partial charge in [0.15, 0.2) is 0 Å². The summed E-state index contributed by atoms with van der Waals surface area (Å²) in [7, 11) is 0. The molecule has 1 aromatic carbocycles. The van der Waals surface area contributed by atoms with Crippen LogP contribution in [-0.4, -0.2) is 20.8 Å². The zero-order chi connectivity index (χ0) is 12.3. The van der Waals surface area contributed by atoms with Crippen molar-refractivity contribution < 1.29 is 9.90 Å². The largest absolute Gasteiger partial charge is 0.508 e. The monoisotopic (exact) mass is 231 g/mol. The van der Waals surface area contributed by atoms with Crippen molar-refractivity contribution in [2.24, 2.45) is 0 Å². The quantitative estimate of drug-likeness (QED) is 0.791. The Labute approximate surface area is 98.7 Å². The molecular weight excluding hydrogens is 218 g/mol. The molecule has 1 unspecified atom stereocenters. The van der Waals surface area contributed by atoms with Gasteiger partial charge in [-0.25, -0.2) is 0 Å². The molecule has 0 saturated carbocycles. The summed E-state index contributed by atoms with van der Waals surface area (Å²) in [4.78, 5) is 11.9. The van der Waals surface area contributed by atoms with E-state index in [-0.39, 0.29) is 17.7 Å². The molecule has 1 atom stereocenters. The molecule has 88 valence electrons. The van der Waals surface area contributed by atoms with Crippen LogP contribution in [0.25, 0.3) is 0 Å². The summed E-state index contributed by atoms with van der Waals surface area (Å²) in [5.74, 6) is 0.0162. The highest BCUT2D eigenvalue weighted by atomic mass is 16.3. The summed E-state index contributed by atoms with van der Waals surface area (Å²) in [5.41, 5.74) is 0.645. The number of hydrogen-bond donors (Lipinski definition) is 2. The first-order valence-electron chi connectivity index (χ1n) is 5.26. The van der Waals surface area contributed by atoms with Crippen LogP contribution in [0.3, 0.4) is 0 Å². The van der Waals surface area contributed by atoms with Crippen LogP contribution in [0, 0.1) is 0 Å². The number of nitrogens with one attached hydrogen (secondary N) is 1. The first-order valence-corrected chi connectivity index (χ1v) is 5.26. The number of amides is 1. The molecule has 2 N–H and O–H groups in total. The fraction of sp³-hybridized carbons (Fsp3) is 0.167. The Kier molecular flexibility index (Phi) is 3.09. The number of carbonyl (C=O) groups is 1. The molecule has 0 saturated heterocycles. The Morgan fingerprint density at radius 3 is 2.71 bits per heavy atom. The number of phenolic OH excluding ortho intramolecular Hbond substituents is 1. The van der Waals surface area contributed by atoms with Gasteiger partial charge in [-0.2, -0.15) is 5.10 Å². The van der Waals surface area contributed by atoms with Gasteiger partial charge in [0.25, 0.3) is 0 Å². The first-order chi connectivity index (χ1) is 8.16. The number of aromatic hydroxyl groups is 1. The van der Waals surface area contributed by atoms with Crippen molar-refractivity contribution >= 4 is 11.6 Å². The molecule has 0 aliphatic heterocycles. The van der Waals surface area contributed by atoms with E-state index < -0.39 is 0 Å². The Morgan fingerprint density at radius 1 is 1.41 bits per heavy atom. The molecule has 0 bridgehead atoms. The molecule has 0 radical (unpaired) electrons. The molecule has 0 aliphatic carbocycles. The molecule has 1 heterocycles. The highest BCUT2D eigenvalue weighted by Crippen LogP contribution is 2.15. The van der Waals surface area contributed by atoms with Crippen LogP contribution in [-0.2, 0) is 4.79 Å². The van der Waals surface area contributed by atoms with Gasteiger partial charge in [0, 0.05) is 18.1 Å². The predicted octanol–water partition coefficient (Wildman–Crippen LogP) is 1.79. The van der Waals surface area contributed by atoms with Crippen LogP contribution in [0.4, 0.5) is 5.69 Å². The zero-order valence-corrected chi connectivity index (χ0v) is 9.37. The number of nitrogens with zero attached hydrogens (tertiary/aromatic N) is 2. The number of anilines is 1. The van der Waals surface area contributed by atoms with Crippen molar-refractivity contribution in [2.45, 2.75) is 13.0 Å². The molecule has 1 aromatic heterocycles. The number of rotatable bonds is 3. The van der Waals surface area contributed by atoms with E-state index in [9.17, 15) is 4.79 Å². The maximum absolute atomic E-state index is 11.9. The standard InChI is InChI=1S/C12H13N3O2/c1-9(15-8-2-7-13-15)12(17)14-10-3-5-11(16)6-4-10/h2-9,16H,1H3,(H,14,17). The van der Waals surface area contributed by atoms with Crippen molar-refractivity contribution in [2.75, 3.05) is 5.32 Å². The number of hydrogen-bond acceptors (Lipinski definition) is 3. The zero-order valence-electron chi connectivity index (χ0n) is 9.37. The van der Waals surface area contributed by atoms with Crippen LogP contribution in [0.15, 0.2) is 42.7 Å². The summed E-state index contributed by atoms with van der Waals surface area (Å²) >= 11 is 0. The van der Waals surface area contributed by atoms with E-state index in [1.165, 1.54) is 12.1 Å². The molecule has 0 aliphatic rings. The van der Waals surface area contributed by atoms with Crippen molar-refractivity contribution in [1.82, 2.24) is 9.78 Å². The lowest BCUT2D eigenvalue weighted by atomic mass is 10.2. The SMILES string of the molecule is CC(C(=O)Nc1ccc(O)cc1)n1cccn1. The van der Waals surface area contributed by atoms with Gasteiger partial charge < -0.3 is 10.4 Å². The maximum Gasteiger partial charge on any atom is 0.248 e. The lowest BCUT2D eigenvalue weighted by Crippen LogP contribution is -2.23. The van der Waals surface area contributed by atoms with Crippen molar-refractivity contribution in [3.05, 3.63) is 42.7 Å². The first kappa shape index (κ1) is 11.2. The minimum atomic E-state index is -0.376. The predicted molar refractivity (Wildman–Crippen MR) is 63.7 cm³/mol. The minimum absolute atomic E-state index is 0.153. The van der Waals surface area contributed by atoms with E-state index in [2.05, 4.69) is 10.4 Å². The highest BCUT2D eigenvalue weighted by Gasteiger charge is 2.14. The normalized spacial score (nSPS) is 12.1. The van der Waals surface area contributed by atoms with Gasteiger partial charge in [-0.05, 0) is 37.3 Å². The molecule has 0 fully saturated rings. The van der Waals surface area contributed by atoms with Crippen molar-refractivity contribution in [1.29, 1.82) is 0 Å². The fourth-order valence-corrected chi connectivity index (χ4v) is 1.42. The van der Waals surface area contributed by atoms with Gasteiger partial charge in [-0.3, -0.25) is 9.48 Å². The minimum Gasteiger partial charge on any atom is -0.508 e. The Morgan fingerprint density at radius 2 is 2.12 bits per heavy atom. The summed E-state index contributed by atoms with van der Waals surface area (Å²) < 4.78 is 1.58. The van der Waals surface area contributed by atoms with Crippen LogP contribution < -0.4 is 5.32 Å². The maximum atomic E-state index is 11.9. The molecule has 1 amide bonds. The van der Waals surface area contributed by atoms with Crippen molar-refractivity contribution in [3.63, 3.8) is 0 Å². The number of carbonyl (C=O) groups excluding carboxylic acids is 1. The Bertz CT molecular complexity index is 491. The van der Waals surface area contributed by atoms with E-state index >= 15 is 0 Å². The summed E-state index contributed by atoms with van der Waals surface area (Å²) in [6, 6.07) is 7.72. The van der Waals surface area contributed by atoms with Crippen LogP contribution in [0.2, 0.25) is 0 Å². The molecule has 5 heteroatoms. The van der Waals surface area contributed by atoms with Crippen LogP contribution >= 0.6 is 0 Å². The molecular formula is C12H13N3O2. The summed E-state index contributed by atoms with van der Waals surface area (Å²) in [5, 5.41) is 15.9. The summed E-state index contributed by atoms with van der Waals surface area (Å²) in [6.07, 6.45) is 3.37. The van der Waals surface area contributed by atoms with Gasteiger partial charge in [0.2, 0.25) is 5.91 Å². The number of phenols is 1. The average molecular weight is 231 g/mol. The lowest BCUT2D eigenvalue weighted by Gasteiger charge is -2.12. The third-order valence-electron chi connectivity index (χ3n) is 2.44. The molecule has 2 aromatic rings. The second kappa shape index (κ2) is 4.69. The Balaban J connectivity index is 2.04. The third kappa shape index (κ3) is 2.63.